The van der Waals surface area contributed by atoms with Gasteiger partial charge in [-0.1, -0.05) is 11.6 Å². The van der Waals surface area contributed by atoms with E-state index in [0.29, 0.717) is 38.2 Å². The Morgan fingerprint density at radius 1 is 1.48 bits per heavy atom. The van der Waals surface area contributed by atoms with E-state index in [9.17, 15) is 18.0 Å². The number of carbonyl (C=O) groups excluding carboxylic acids is 1. The third-order valence-corrected chi connectivity index (χ3v) is 4.49. The zero-order valence-electron chi connectivity index (χ0n) is 12.2. The zero-order valence-corrected chi connectivity index (χ0v) is 12.9. The lowest BCUT2D eigenvalue weighted by molar-refractivity contribution is -0.137. The van der Waals surface area contributed by atoms with Crippen LogP contribution in [0, 0.1) is 0 Å². The highest BCUT2D eigenvalue weighted by atomic mass is 35.5. The van der Waals surface area contributed by atoms with Crippen molar-refractivity contribution in [2.45, 2.75) is 37.0 Å². The molecule has 9 heteroatoms. The molecule has 0 radical (unpaired) electrons. The number of nitrogens with two attached hydrogens (primary N) is 1. The summed E-state index contributed by atoms with van der Waals surface area (Å²) in [4.78, 5) is 17.5. The molecule has 1 saturated carbocycles. The number of aromatic nitrogens is 1. The van der Waals surface area contributed by atoms with Gasteiger partial charge < -0.3 is 16.0 Å². The summed E-state index contributed by atoms with van der Waals surface area (Å²) in [6.45, 7) is 1.00. The van der Waals surface area contributed by atoms with Gasteiger partial charge in [-0.15, -0.1) is 0 Å². The molecule has 1 aromatic rings. The number of amides is 1. The minimum absolute atomic E-state index is 0.0516. The minimum atomic E-state index is -4.48. The van der Waals surface area contributed by atoms with Crippen LogP contribution in [0.1, 0.15) is 24.8 Å². The Labute approximate surface area is 136 Å². The molecule has 1 aliphatic heterocycles. The van der Waals surface area contributed by atoms with Crippen molar-refractivity contribution in [3.8, 4) is 0 Å². The molecule has 3 rings (SSSR count). The van der Waals surface area contributed by atoms with Gasteiger partial charge in [0.15, 0.2) is 0 Å². The van der Waals surface area contributed by atoms with Crippen LogP contribution in [0.3, 0.4) is 0 Å². The number of anilines is 1. The number of rotatable bonds is 3. The van der Waals surface area contributed by atoms with Gasteiger partial charge in [-0.05, 0) is 25.3 Å². The highest BCUT2D eigenvalue weighted by Crippen LogP contribution is 2.35. The maximum absolute atomic E-state index is 12.6. The van der Waals surface area contributed by atoms with E-state index in [1.54, 1.807) is 4.90 Å². The molecule has 1 aromatic heterocycles. The fourth-order valence-electron chi connectivity index (χ4n) is 2.58. The van der Waals surface area contributed by atoms with Crippen molar-refractivity contribution in [1.82, 2.24) is 10.3 Å². The van der Waals surface area contributed by atoms with Crippen molar-refractivity contribution in [3.05, 3.63) is 22.8 Å². The molecule has 3 N–H and O–H groups in total. The van der Waals surface area contributed by atoms with E-state index >= 15 is 0 Å². The molecule has 1 atom stereocenters. The average molecular weight is 349 g/mol. The maximum Gasteiger partial charge on any atom is 0.417 e. The molecule has 1 unspecified atom stereocenters. The number of nitrogens with one attached hydrogen (secondary N) is 1. The Morgan fingerprint density at radius 3 is 2.74 bits per heavy atom. The average Bonchev–Trinajstić information content (AvgIpc) is 3.05. The van der Waals surface area contributed by atoms with E-state index in [4.69, 9.17) is 17.3 Å². The second-order valence-corrected chi connectivity index (χ2v) is 6.50. The summed E-state index contributed by atoms with van der Waals surface area (Å²) in [5.41, 5.74) is 4.21. The summed E-state index contributed by atoms with van der Waals surface area (Å²) < 4.78 is 37.9. The quantitative estimate of drug-likeness (QED) is 0.875. The first-order valence-corrected chi connectivity index (χ1v) is 7.64. The molecule has 0 bridgehead atoms. The number of hydrogen-bond donors (Lipinski definition) is 2. The van der Waals surface area contributed by atoms with E-state index in [1.165, 1.54) is 0 Å². The minimum Gasteiger partial charge on any atom is -0.353 e. The zero-order chi connectivity index (χ0) is 16.8. The van der Waals surface area contributed by atoms with Gasteiger partial charge in [0, 0.05) is 25.3 Å². The summed E-state index contributed by atoms with van der Waals surface area (Å²) in [5.74, 6) is 0.126. The number of hydrogen-bond acceptors (Lipinski definition) is 4. The third-order valence-electron chi connectivity index (χ3n) is 4.21. The summed E-state index contributed by atoms with van der Waals surface area (Å²) >= 11 is 5.94. The lowest BCUT2D eigenvalue weighted by Gasteiger charge is -2.20. The fourth-order valence-corrected chi connectivity index (χ4v) is 2.87. The van der Waals surface area contributed by atoms with Crippen LogP contribution in [-0.4, -0.2) is 35.6 Å². The van der Waals surface area contributed by atoms with Crippen molar-refractivity contribution < 1.29 is 18.0 Å². The van der Waals surface area contributed by atoms with Crippen LogP contribution in [0.15, 0.2) is 12.3 Å². The topological polar surface area (TPSA) is 71.2 Å². The highest BCUT2D eigenvalue weighted by molar-refractivity contribution is 6.33. The van der Waals surface area contributed by atoms with Crippen LogP contribution in [0.2, 0.25) is 5.02 Å². The van der Waals surface area contributed by atoms with Crippen LogP contribution < -0.4 is 16.0 Å². The molecule has 0 aromatic carbocycles. The van der Waals surface area contributed by atoms with Gasteiger partial charge in [-0.3, -0.25) is 4.79 Å². The van der Waals surface area contributed by atoms with Gasteiger partial charge in [0.1, 0.15) is 5.82 Å². The molecule has 1 amide bonds. The van der Waals surface area contributed by atoms with Crippen molar-refractivity contribution >= 4 is 23.3 Å². The third kappa shape index (κ3) is 3.37. The van der Waals surface area contributed by atoms with Crippen LogP contribution >= 0.6 is 11.6 Å². The van der Waals surface area contributed by atoms with Gasteiger partial charge in [-0.2, -0.15) is 13.2 Å². The lowest BCUT2D eigenvalue weighted by atomic mass is 10.2. The van der Waals surface area contributed by atoms with E-state index in [1.807, 2.05) is 0 Å². The van der Waals surface area contributed by atoms with Gasteiger partial charge in [0.05, 0.1) is 16.1 Å². The Balaban J connectivity index is 1.66. The lowest BCUT2D eigenvalue weighted by Crippen LogP contribution is -2.48. The first-order chi connectivity index (χ1) is 10.7. The summed E-state index contributed by atoms with van der Waals surface area (Å²) in [5, 5.41) is 2.83. The van der Waals surface area contributed by atoms with E-state index < -0.39 is 17.3 Å². The molecule has 1 saturated heterocycles. The number of pyridine rings is 1. The maximum atomic E-state index is 12.6. The first kappa shape index (κ1) is 16.3. The first-order valence-electron chi connectivity index (χ1n) is 7.26. The molecule has 126 valence electrons. The normalized spacial score (nSPS) is 23.0. The summed E-state index contributed by atoms with van der Waals surface area (Å²) in [7, 11) is 0. The smallest absolute Gasteiger partial charge is 0.353 e. The summed E-state index contributed by atoms with van der Waals surface area (Å²) in [6, 6.07) is 0.762. The monoisotopic (exact) mass is 348 g/mol. The van der Waals surface area contributed by atoms with E-state index in [2.05, 4.69) is 10.3 Å². The van der Waals surface area contributed by atoms with E-state index in [0.717, 1.165) is 12.3 Å². The molecule has 0 spiro atoms. The van der Waals surface area contributed by atoms with Crippen LogP contribution in [0.5, 0.6) is 0 Å². The van der Waals surface area contributed by atoms with Gasteiger partial charge in [0.25, 0.3) is 0 Å². The second-order valence-electron chi connectivity index (χ2n) is 6.09. The summed E-state index contributed by atoms with van der Waals surface area (Å²) in [6.07, 6.45) is -1.67. The Bertz CT molecular complexity index is 633. The molecule has 5 nitrogen and oxygen atoms in total. The molecule has 23 heavy (non-hydrogen) atoms. The SMILES string of the molecule is NC1(C(=O)NC2CCN(c3ncc(C(F)(F)F)cc3Cl)C2)CC1. The fraction of sp³-hybridized carbons (Fsp3) is 0.571. The Kier molecular flexibility index (Phi) is 3.92. The largest absolute Gasteiger partial charge is 0.417 e. The van der Waals surface area contributed by atoms with Crippen LogP contribution in [-0.2, 0) is 11.0 Å². The van der Waals surface area contributed by atoms with Crippen molar-refractivity contribution in [2.24, 2.45) is 5.73 Å². The Morgan fingerprint density at radius 2 is 2.17 bits per heavy atom. The molecule has 2 heterocycles. The van der Waals surface area contributed by atoms with Gasteiger partial charge >= 0.3 is 6.18 Å². The van der Waals surface area contributed by atoms with Gasteiger partial charge in [0.2, 0.25) is 5.91 Å². The Hall–Kier alpha value is -1.54. The van der Waals surface area contributed by atoms with Crippen molar-refractivity contribution in [1.29, 1.82) is 0 Å². The standard InChI is InChI=1S/C14H16ClF3N4O/c15-10-5-8(14(16,17)18)6-20-11(10)22-4-1-9(7-22)21-12(23)13(19)2-3-13/h5-6,9H,1-4,7,19H2,(H,21,23). The number of carbonyl (C=O) groups is 1. The molecule has 2 aliphatic rings. The van der Waals surface area contributed by atoms with Gasteiger partial charge in [-0.25, -0.2) is 4.98 Å². The van der Waals surface area contributed by atoms with E-state index in [-0.39, 0.29) is 17.0 Å². The molecule has 2 fully saturated rings. The van der Waals surface area contributed by atoms with Crippen molar-refractivity contribution in [3.63, 3.8) is 0 Å². The highest BCUT2D eigenvalue weighted by Gasteiger charge is 2.46. The molecule has 1 aliphatic carbocycles. The van der Waals surface area contributed by atoms with Crippen molar-refractivity contribution in [2.75, 3.05) is 18.0 Å². The predicted octanol–water partition coefficient (Wildman–Crippen LogP) is 1.94. The number of halogens is 4. The number of nitrogens with zero attached hydrogens (tertiary/aromatic N) is 2. The second kappa shape index (κ2) is 5.52. The predicted molar refractivity (Wildman–Crippen MR) is 79.2 cm³/mol. The molecular formula is C14H16ClF3N4O. The van der Waals surface area contributed by atoms with Crippen LogP contribution in [0.25, 0.3) is 0 Å². The van der Waals surface area contributed by atoms with Crippen LogP contribution in [0.4, 0.5) is 19.0 Å². The molecular weight excluding hydrogens is 333 g/mol. The number of alkyl halides is 3.